The second-order valence-electron chi connectivity index (χ2n) is 9.76. The Morgan fingerprint density at radius 3 is 2.53 bits per heavy atom. The topological polar surface area (TPSA) is 92.2 Å². The first kappa shape index (κ1) is 25.9. The lowest BCUT2D eigenvalue weighted by molar-refractivity contribution is -0.140. The van der Waals surface area contributed by atoms with Gasteiger partial charge in [0, 0.05) is 44.1 Å². The Labute approximate surface area is 212 Å². The third kappa shape index (κ3) is 5.77. The maximum absolute atomic E-state index is 13.3. The molecule has 2 saturated heterocycles. The lowest BCUT2D eigenvalue weighted by atomic mass is 9.94. The number of Topliss-reactive ketones (excluding diaryl/α,β-unsaturated/α-hetero) is 1. The van der Waals surface area contributed by atoms with Gasteiger partial charge in [-0.05, 0) is 60.7 Å². The molecule has 1 amide bonds. The first-order valence-electron chi connectivity index (χ1n) is 12.6. The molecule has 1 N–H and O–H groups in total. The largest absolute Gasteiger partial charge is 0.507 e. The molecule has 0 bridgehead atoms. The Balaban J connectivity index is 1.63. The van der Waals surface area contributed by atoms with Crippen LogP contribution < -0.4 is 4.74 Å². The quantitative estimate of drug-likeness (QED) is 0.324. The minimum absolute atomic E-state index is 0.108. The Kier molecular flexibility index (Phi) is 8.38. The summed E-state index contributed by atoms with van der Waals surface area (Å²) < 4.78 is 11.2. The van der Waals surface area contributed by atoms with Gasteiger partial charge in [-0.3, -0.25) is 19.5 Å². The van der Waals surface area contributed by atoms with Crippen LogP contribution >= 0.6 is 0 Å². The van der Waals surface area contributed by atoms with E-state index >= 15 is 0 Å². The molecule has 4 rings (SSSR count). The molecule has 36 heavy (non-hydrogen) atoms. The fourth-order valence-electron chi connectivity index (χ4n) is 4.69. The van der Waals surface area contributed by atoms with Crippen LogP contribution in [-0.4, -0.2) is 77.6 Å². The van der Waals surface area contributed by atoms with E-state index in [0.29, 0.717) is 43.6 Å². The van der Waals surface area contributed by atoms with Crippen molar-refractivity contribution in [2.24, 2.45) is 5.92 Å². The first-order valence-corrected chi connectivity index (χ1v) is 12.6. The van der Waals surface area contributed by atoms with Gasteiger partial charge in [0.05, 0.1) is 31.4 Å². The molecule has 1 atom stereocenters. The number of aliphatic hydroxyl groups is 1. The molecule has 1 aromatic heterocycles. The number of carbonyl (C=O) groups is 2. The second kappa shape index (κ2) is 11.7. The van der Waals surface area contributed by atoms with Crippen molar-refractivity contribution in [3.63, 3.8) is 0 Å². The third-order valence-electron chi connectivity index (χ3n) is 6.58. The number of aromatic nitrogens is 1. The summed E-state index contributed by atoms with van der Waals surface area (Å²) in [7, 11) is 0. The van der Waals surface area contributed by atoms with Gasteiger partial charge in [0.1, 0.15) is 11.5 Å². The molecule has 192 valence electrons. The Morgan fingerprint density at radius 2 is 1.86 bits per heavy atom. The number of morpholine rings is 1. The molecule has 3 heterocycles. The highest BCUT2D eigenvalue weighted by Crippen LogP contribution is 2.40. The molecule has 1 aromatic carbocycles. The number of nitrogens with zero attached hydrogens (tertiary/aromatic N) is 3. The highest BCUT2D eigenvalue weighted by atomic mass is 16.5. The number of ether oxygens (including phenoxy) is 2. The number of rotatable bonds is 9. The molecule has 2 fully saturated rings. The molecule has 8 heteroatoms. The maximum Gasteiger partial charge on any atom is 0.295 e. The summed E-state index contributed by atoms with van der Waals surface area (Å²) in [5.41, 5.74) is 2.13. The number of amides is 1. The van der Waals surface area contributed by atoms with E-state index in [0.717, 1.165) is 37.2 Å². The van der Waals surface area contributed by atoms with E-state index in [1.807, 2.05) is 13.0 Å². The van der Waals surface area contributed by atoms with Gasteiger partial charge in [0.2, 0.25) is 0 Å². The van der Waals surface area contributed by atoms with Crippen LogP contribution in [0.25, 0.3) is 5.76 Å². The van der Waals surface area contributed by atoms with Crippen molar-refractivity contribution in [3.05, 3.63) is 65.0 Å². The molecule has 0 saturated carbocycles. The minimum Gasteiger partial charge on any atom is -0.507 e. The molecule has 2 aliphatic heterocycles. The smallest absolute Gasteiger partial charge is 0.295 e. The summed E-state index contributed by atoms with van der Waals surface area (Å²) in [5.74, 6) is -0.334. The molecule has 0 radical (unpaired) electrons. The normalized spacial score (nSPS) is 20.3. The third-order valence-corrected chi connectivity index (χ3v) is 6.58. The van der Waals surface area contributed by atoms with Crippen molar-refractivity contribution in [3.8, 4) is 5.75 Å². The van der Waals surface area contributed by atoms with Gasteiger partial charge >= 0.3 is 0 Å². The lowest BCUT2D eigenvalue weighted by Crippen LogP contribution is -2.38. The second-order valence-corrected chi connectivity index (χ2v) is 9.76. The Morgan fingerprint density at radius 1 is 1.14 bits per heavy atom. The van der Waals surface area contributed by atoms with E-state index in [2.05, 4.69) is 23.7 Å². The Hall–Kier alpha value is -3.23. The molecule has 8 nitrogen and oxygen atoms in total. The van der Waals surface area contributed by atoms with Crippen LogP contribution in [0.4, 0.5) is 0 Å². The summed E-state index contributed by atoms with van der Waals surface area (Å²) in [5, 5.41) is 11.4. The van der Waals surface area contributed by atoms with Gasteiger partial charge in [-0.2, -0.15) is 0 Å². The van der Waals surface area contributed by atoms with E-state index in [4.69, 9.17) is 9.47 Å². The van der Waals surface area contributed by atoms with Crippen molar-refractivity contribution in [1.82, 2.24) is 14.8 Å². The highest BCUT2D eigenvalue weighted by molar-refractivity contribution is 6.46. The number of aryl methyl sites for hydroxylation is 1. The summed E-state index contributed by atoms with van der Waals surface area (Å²) in [6, 6.07) is 8.27. The van der Waals surface area contributed by atoms with Gasteiger partial charge in [0.15, 0.2) is 0 Å². The van der Waals surface area contributed by atoms with Gasteiger partial charge in [-0.1, -0.05) is 13.8 Å². The van der Waals surface area contributed by atoms with Gasteiger partial charge in [-0.25, -0.2) is 0 Å². The molecule has 2 aliphatic rings. The number of aliphatic hydroxyl groups excluding tert-OH is 1. The zero-order chi connectivity index (χ0) is 25.7. The van der Waals surface area contributed by atoms with E-state index in [-0.39, 0.29) is 11.3 Å². The van der Waals surface area contributed by atoms with Crippen LogP contribution in [0.2, 0.25) is 0 Å². The predicted octanol–water partition coefficient (Wildman–Crippen LogP) is 3.57. The summed E-state index contributed by atoms with van der Waals surface area (Å²) in [4.78, 5) is 34.4. The lowest BCUT2D eigenvalue weighted by Gasteiger charge is -2.29. The predicted molar refractivity (Wildman–Crippen MR) is 137 cm³/mol. The molecular weight excluding hydrogens is 458 g/mol. The van der Waals surface area contributed by atoms with Crippen molar-refractivity contribution >= 4 is 17.4 Å². The van der Waals surface area contributed by atoms with Crippen LogP contribution in [0.15, 0.2) is 48.3 Å². The van der Waals surface area contributed by atoms with Crippen molar-refractivity contribution in [2.75, 3.05) is 46.0 Å². The number of likely N-dealkylation sites (tertiary alicyclic amines) is 1. The van der Waals surface area contributed by atoms with E-state index < -0.39 is 17.7 Å². The summed E-state index contributed by atoms with van der Waals surface area (Å²) >= 11 is 0. The van der Waals surface area contributed by atoms with E-state index in [1.54, 1.807) is 41.6 Å². The zero-order valence-corrected chi connectivity index (χ0v) is 21.3. The van der Waals surface area contributed by atoms with Gasteiger partial charge in [-0.15, -0.1) is 0 Å². The molecule has 0 spiro atoms. The Bertz CT molecular complexity index is 1110. The standard InChI is InChI=1S/C28H35N3O5/c1-19(2)18-36-22-5-6-23(20(3)17-22)26(32)24-25(21-7-9-29-10-8-21)31(28(34)27(24)33)12-4-11-30-13-15-35-16-14-30/h5-10,17,19,25,32H,4,11-16,18H2,1-3H3. The molecule has 2 aromatic rings. The summed E-state index contributed by atoms with van der Waals surface area (Å²) in [6.07, 6.45) is 3.99. The van der Waals surface area contributed by atoms with Crippen molar-refractivity contribution in [1.29, 1.82) is 0 Å². The molecular formula is C28H35N3O5. The van der Waals surface area contributed by atoms with Crippen LogP contribution in [0.1, 0.15) is 43.0 Å². The van der Waals surface area contributed by atoms with E-state index in [9.17, 15) is 14.7 Å². The number of ketones is 1. The highest BCUT2D eigenvalue weighted by Gasteiger charge is 2.46. The van der Waals surface area contributed by atoms with Crippen molar-refractivity contribution < 1.29 is 24.2 Å². The van der Waals surface area contributed by atoms with Crippen LogP contribution in [-0.2, 0) is 14.3 Å². The summed E-state index contributed by atoms with van der Waals surface area (Å²) in [6.45, 7) is 11.0. The fourth-order valence-corrected chi connectivity index (χ4v) is 4.69. The first-order chi connectivity index (χ1) is 17.4. The van der Waals surface area contributed by atoms with Crippen molar-refractivity contribution in [2.45, 2.75) is 33.2 Å². The number of benzene rings is 1. The SMILES string of the molecule is Cc1cc(OCC(C)C)ccc1C(O)=C1C(=O)C(=O)N(CCCN2CCOCC2)C1c1ccncc1. The van der Waals surface area contributed by atoms with E-state index in [1.165, 1.54) is 0 Å². The van der Waals surface area contributed by atoms with Crippen LogP contribution in [0, 0.1) is 12.8 Å². The average Bonchev–Trinajstić information content (AvgIpc) is 3.13. The molecule has 1 unspecified atom stereocenters. The zero-order valence-electron chi connectivity index (χ0n) is 21.3. The van der Waals surface area contributed by atoms with Crippen LogP contribution in [0.5, 0.6) is 5.75 Å². The maximum atomic E-state index is 13.3. The fraction of sp³-hybridized carbons (Fsp3) is 0.464. The number of pyridine rings is 1. The molecule has 0 aliphatic carbocycles. The number of hydrogen-bond donors (Lipinski definition) is 1. The number of carbonyl (C=O) groups excluding carboxylic acids is 2. The van der Waals surface area contributed by atoms with Gasteiger partial charge in [0.25, 0.3) is 11.7 Å². The van der Waals surface area contributed by atoms with Gasteiger partial charge < -0.3 is 19.5 Å². The van der Waals surface area contributed by atoms with Crippen LogP contribution in [0.3, 0.4) is 0 Å². The minimum atomic E-state index is -0.672. The number of hydrogen-bond acceptors (Lipinski definition) is 7. The average molecular weight is 494 g/mol. The monoisotopic (exact) mass is 493 g/mol.